The van der Waals surface area contributed by atoms with Gasteiger partial charge in [-0.05, 0) is 55.7 Å². The van der Waals surface area contributed by atoms with Gasteiger partial charge in [0.2, 0.25) is 0 Å². The molecular formula is C24H23Cl2N5O2. The number of amides is 2. The molecule has 33 heavy (non-hydrogen) atoms. The zero-order valence-corrected chi connectivity index (χ0v) is 19.7. The van der Waals surface area contributed by atoms with Gasteiger partial charge in [-0.1, -0.05) is 35.3 Å². The molecule has 7 nitrogen and oxygen atoms in total. The van der Waals surface area contributed by atoms with Crippen molar-refractivity contribution < 1.29 is 9.59 Å². The van der Waals surface area contributed by atoms with Crippen LogP contribution in [0.5, 0.6) is 0 Å². The van der Waals surface area contributed by atoms with Crippen molar-refractivity contribution >= 4 is 35.0 Å². The molecule has 0 saturated carbocycles. The number of benzene rings is 1. The standard InChI is InChI=1S/C24H23Cl2N5O2/c1-15-4-2-5-20(27-15)23(32)29-10-11-31-17(14-29)13-21(28-31)24(33)30-9-3-6-22(30)18-8-7-16(25)12-19(18)26/h2,4-5,7-8,12-13,22H,3,6,9-11,14H2,1H3. The topological polar surface area (TPSA) is 71.3 Å². The summed E-state index contributed by atoms with van der Waals surface area (Å²) in [6.45, 7) is 3.95. The van der Waals surface area contributed by atoms with Crippen LogP contribution in [0.15, 0.2) is 42.5 Å². The maximum Gasteiger partial charge on any atom is 0.274 e. The molecule has 5 rings (SSSR count). The summed E-state index contributed by atoms with van der Waals surface area (Å²) in [5.74, 6) is -0.236. The molecule has 0 radical (unpaired) electrons. The van der Waals surface area contributed by atoms with Crippen LogP contribution in [0.2, 0.25) is 10.0 Å². The van der Waals surface area contributed by atoms with Crippen LogP contribution in [0.4, 0.5) is 0 Å². The van der Waals surface area contributed by atoms with Gasteiger partial charge in [0.15, 0.2) is 5.69 Å². The lowest BCUT2D eigenvalue weighted by atomic mass is 10.0. The zero-order chi connectivity index (χ0) is 23.1. The minimum Gasteiger partial charge on any atom is -0.330 e. The number of likely N-dealkylation sites (tertiary alicyclic amines) is 1. The molecule has 170 valence electrons. The Balaban J connectivity index is 1.35. The first kappa shape index (κ1) is 21.9. The smallest absolute Gasteiger partial charge is 0.274 e. The average Bonchev–Trinajstić information content (AvgIpc) is 3.45. The quantitative estimate of drug-likeness (QED) is 0.548. The van der Waals surface area contributed by atoms with Crippen molar-refractivity contribution in [1.29, 1.82) is 0 Å². The van der Waals surface area contributed by atoms with E-state index in [1.54, 1.807) is 29.2 Å². The Hall–Kier alpha value is -2.90. The van der Waals surface area contributed by atoms with Crippen molar-refractivity contribution in [1.82, 2.24) is 24.6 Å². The number of aryl methyl sites for hydroxylation is 1. The van der Waals surface area contributed by atoms with Crippen molar-refractivity contribution in [2.45, 2.75) is 38.9 Å². The highest BCUT2D eigenvalue weighted by Crippen LogP contribution is 2.37. The second-order valence-electron chi connectivity index (χ2n) is 8.46. The van der Waals surface area contributed by atoms with E-state index >= 15 is 0 Å². The summed E-state index contributed by atoms with van der Waals surface area (Å²) in [6.07, 6.45) is 1.74. The van der Waals surface area contributed by atoms with E-state index < -0.39 is 0 Å². The first-order chi connectivity index (χ1) is 15.9. The molecule has 9 heteroatoms. The highest BCUT2D eigenvalue weighted by molar-refractivity contribution is 6.35. The minimum atomic E-state index is -0.122. The van der Waals surface area contributed by atoms with Gasteiger partial charge >= 0.3 is 0 Å². The lowest BCUT2D eigenvalue weighted by molar-refractivity contribution is 0.0694. The van der Waals surface area contributed by atoms with Gasteiger partial charge in [0.05, 0.1) is 24.8 Å². The van der Waals surface area contributed by atoms with Crippen LogP contribution < -0.4 is 0 Å². The Labute approximate surface area is 201 Å². The van der Waals surface area contributed by atoms with Crippen LogP contribution in [-0.4, -0.2) is 49.5 Å². The lowest BCUT2D eigenvalue weighted by Gasteiger charge is -2.27. The van der Waals surface area contributed by atoms with Gasteiger partial charge in [-0.2, -0.15) is 5.10 Å². The molecule has 1 aromatic carbocycles. The van der Waals surface area contributed by atoms with Crippen molar-refractivity contribution in [2.24, 2.45) is 0 Å². The lowest BCUT2D eigenvalue weighted by Crippen LogP contribution is -2.38. The maximum atomic E-state index is 13.4. The van der Waals surface area contributed by atoms with Crippen LogP contribution >= 0.6 is 23.2 Å². The van der Waals surface area contributed by atoms with E-state index in [0.717, 1.165) is 29.8 Å². The zero-order valence-electron chi connectivity index (χ0n) is 18.2. The normalized spacial score (nSPS) is 17.8. The fourth-order valence-corrected chi connectivity index (χ4v) is 5.15. The van der Waals surface area contributed by atoms with E-state index in [1.807, 2.05) is 34.7 Å². The molecule has 1 unspecified atom stereocenters. The van der Waals surface area contributed by atoms with Crippen LogP contribution in [0.1, 0.15) is 56.8 Å². The molecule has 2 aliphatic rings. The molecule has 0 N–H and O–H groups in total. The molecule has 2 aromatic heterocycles. The summed E-state index contributed by atoms with van der Waals surface area (Å²) in [4.78, 5) is 34.2. The van der Waals surface area contributed by atoms with Gasteiger partial charge in [-0.15, -0.1) is 0 Å². The summed E-state index contributed by atoms with van der Waals surface area (Å²) in [5.41, 5.74) is 3.37. The molecule has 0 bridgehead atoms. The first-order valence-corrected chi connectivity index (χ1v) is 11.7. The Morgan fingerprint density at radius 1 is 1.00 bits per heavy atom. The highest BCUT2D eigenvalue weighted by Gasteiger charge is 2.34. The highest BCUT2D eigenvalue weighted by atomic mass is 35.5. The van der Waals surface area contributed by atoms with Gasteiger partial charge < -0.3 is 9.80 Å². The van der Waals surface area contributed by atoms with Crippen LogP contribution in [-0.2, 0) is 13.1 Å². The summed E-state index contributed by atoms with van der Waals surface area (Å²) in [6, 6.07) is 12.5. The van der Waals surface area contributed by atoms with Crippen molar-refractivity contribution in [3.05, 3.63) is 80.8 Å². The second-order valence-corrected chi connectivity index (χ2v) is 9.30. The Kier molecular flexibility index (Phi) is 5.85. The van der Waals surface area contributed by atoms with E-state index in [-0.39, 0.29) is 17.9 Å². The number of rotatable bonds is 3. The average molecular weight is 484 g/mol. The number of carbonyl (C=O) groups excluding carboxylic acids is 2. The Morgan fingerprint density at radius 2 is 1.85 bits per heavy atom. The van der Waals surface area contributed by atoms with Crippen molar-refractivity contribution in [3.8, 4) is 0 Å². The van der Waals surface area contributed by atoms with Crippen LogP contribution in [0.3, 0.4) is 0 Å². The van der Waals surface area contributed by atoms with E-state index in [1.165, 1.54) is 0 Å². The van der Waals surface area contributed by atoms with Crippen LogP contribution in [0.25, 0.3) is 0 Å². The third-order valence-corrected chi connectivity index (χ3v) is 6.81. The van der Waals surface area contributed by atoms with Crippen LogP contribution in [0, 0.1) is 6.92 Å². The third kappa shape index (κ3) is 4.23. The number of fused-ring (bicyclic) bond motifs is 1. The van der Waals surface area contributed by atoms with Gasteiger partial charge in [-0.3, -0.25) is 14.3 Å². The molecular weight excluding hydrogens is 461 g/mol. The number of nitrogens with zero attached hydrogens (tertiary/aromatic N) is 5. The predicted molar refractivity (Wildman–Crippen MR) is 125 cm³/mol. The Morgan fingerprint density at radius 3 is 2.64 bits per heavy atom. The maximum absolute atomic E-state index is 13.4. The fraction of sp³-hybridized carbons (Fsp3) is 0.333. The number of pyridine rings is 1. The Bertz CT molecular complexity index is 1240. The van der Waals surface area contributed by atoms with E-state index in [0.29, 0.717) is 47.6 Å². The van der Waals surface area contributed by atoms with E-state index in [4.69, 9.17) is 23.2 Å². The van der Waals surface area contributed by atoms with E-state index in [2.05, 4.69) is 10.1 Å². The molecule has 1 atom stereocenters. The molecule has 4 heterocycles. The number of hydrogen-bond donors (Lipinski definition) is 0. The molecule has 2 amide bonds. The summed E-state index contributed by atoms with van der Waals surface area (Å²) in [7, 11) is 0. The second kappa shape index (κ2) is 8.80. The minimum absolute atomic E-state index is 0.105. The van der Waals surface area contributed by atoms with Gasteiger partial charge in [0, 0.05) is 28.8 Å². The van der Waals surface area contributed by atoms with Crippen molar-refractivity contribution in [3.63, 3.8) is 0 Å². The number of carbonyl (C=O) groups is 2. The summed E-state index contributed by atoms with van der Waals surface area (Å²) < 4.78 is 1.82. The molecule has 0 spiro atoms. The molecule has 1 saturated heterocycles. The van der Waals surface area contributed by atoms with Gasteiger partial charge in [0.25, 0.3) is 11.8 Å². The predicted octanol–water partition coefficient (Wildman–Crippen LogP) is 4.53. The monoisotopic (exact) mass is 483 g/mol. The number of hydrogen-bond acceptors (Lipinski definition) is 4. The van der Waals surface area contributed by atoms with Gasteiger partial charge in [0.1, 0.15) is 5.69 Å². The van der Waals surface area contributed by atoms with Crippen molar-refractivity contribution in [2.75, 3.05) is 13.1 Å². The molecule has 3 aromatic rings. The third-order valence-electron chi connectivity index (χ3n) is 6.25. The first-order valence-electron chi connectivity index (χ1n) is 11.0. The molecule has 0 aliphatic carbocycles. The molecule has 1 fully saturated rings. The SMILES string of the molecule is Cc1cccc(C(=O)N2CCn3nc(C(=O)N4CCCC4c4ccc(Cl)cc4Cl)cc3C2)n1. The van der Waals surface area contributed by atoms with E-state index in [9.17, 15) is 9.59 Å². The molecule has 2 aliphatic heterocycles. The number of halogens is 2. The largest absolute Gasteiger partial charge is 0.330 e. The summed E-state index contributed by atoms with van der Waals surface area (Å²) >= 11 is 12.5. The van der Waals surface area contributed by atoms with Gasteiger partial charge in [-0.25, -0.2) is 4.98 Å². The fourth-order valence-electron chi connectivity index (χ4n) is 4.62. The summed E-state index contributed by atoms with van der Waals surface area (Å²) in [5, 5.41) is 5.69. The number of aromatic nitrogens is 3.